The van der Waals surface area contributed by atoms with Crippen LogP contribution in [0.1, 0.15) is 25.7 Å². The molecule has 2 amide bonds. The number of carbonyl (C=O) groups excluding carboxylic acids is 1. The van der Waals surface area contributed by atoms with Gasteiger partial charge >= 0.3 is 6.03 Å². The van der Waals surface area contributed by atoms with Gasteiger partial charge in [-0.25, -0.2) is 4.79 Å². The van der Waals surface area contributed by atoms with Crippen LogP contribution in [0.3, 0.4) is 0 Å². The number of amides is 2. The van der Waals surface area contributed by atoms with Crippen LogP contribution in [0.2, 0.25) is 0 Å². The molecule has 5 nitrogen and oxygen atoms in total. The number of nitrogens with one attached hydrogen (secondary N) is 2. The Hall–Kier alpha value is -0.460. The normalized spacial score (nSPS) is 25.4. The average molecular weight is 301 g/mol. The second-order valence-corrected chi connectivity index (χ2v) is 7.14. The van der Waals surface area contributed by atoms with E-state index in [4.69, 9.17) is 4.74 Å². The van der Waals surface area contributed by atoms with Crippen molar-refractivity contribution < 1.29 is 9.53 Å². The van der Waals surface area contributed by atoms with Crippen molar-refractivity contribution in [2.75, 3.05) is 45.3 Å². The molecule has 2 N–H and O–H groups in total. The van der Waals surface area contributed by atoms with Gasteiger partial charge in [0.2, 0.25) is 0 Å². The number of carbonyl (C=O) groups is 1. The van der Waals surface area contributed by atoms with Gasteiger partial charge < -0.3 is 20.3 Å². The lowest BCUT2D eigenvalue weighted by molar-refractivity contribution is -0.0930. The second kappa shape index (κ2) is 7.52. The van der Waals surface area contributed by atoms with Gasteiger partial charge in [0, 0.05) is 39.8 Å². The maximum Gasteiger partial charge on any atom is 0.316 e. The summed E-state index contributed by atoms with van der Waals surface area (Å²) in [4.78, 5) is 13.0. The predicted molar refractivity (Wildman–Crippen MR) is 83.4 cm³/mol. The fraction of sp³-hybridized carbons (Fsp3) is 0.929. The molecule has 0 aromatic carbocycles. The Kier molecular flexibility index (Phi) is 5.99. The second-order valence-electron chi connectivity index (χ2n) is 5.91. The Morgan fingerprint density at radius 2 is 2.10 bits per heavy atom. The van der Waals surface area contributed by atoms with Gasteiger partial charge in [-0.05, 0) is 37.2 Å². The van der Waals surface area contributed by atoms with E-state index in [0.717, 1.165) is 26.0 Å². The molecule has 0 saturated carbocycles. The molecule has 0 aromatic heterocycles. The maximum atomic E-state index is 11.4. The molecule has 1 spiro atoms. The standard InChI is InChI=1S/C14H27N3O2S/c1-17(2)13(18)16-7-6-15-12-3-8-19-14(11-12)4-9-20-10-5-14/h12,15H,3-11H2,1-2H3,(H,16,18). The van der Waals surface area contributed by atoms with Crippen molar-refractivity contribution in [3.63, 3.8) is 0 Å². The SMILES string of the molecule is CN(C)C(=O)NCCNC1CCOC2(CCSCC2)C1. The number of urea groups is 1. The molecule has 20 heavy (non-hydrogen) atoms. The van der Waals surface area contributed by atoms with Crippen molar-refractivity contribution >= 4 is 17.8 Å². The zero-order valence-corrected chi connectivity index (χ0v) is 13.4. The van der Waals surface area contributed by atoms with Crippen LogP contribution in [0, 0.1) is 0 Å². The summed E-state index contributed by atoms with van der Waals surface area (Å²) in [5, 5.41) is 6.45. The third-order valence-electron chi connectivity index (χ3n) is 4.14. The monoisotopic (exact) mass is 301 g/mol. The van der Waals surface area contributed by atoms with Crippen molar-refractivity contribution in [3.05, 3.63) is 0 Å². The number of thioether (sulfide) groups is 1. The summed E-state index contributed by atoms with van der Waals surface area (Å²) in [6.45, 7) is 2.37. The highest BCUT2D eigenvalue weighted by molar-refractivity contribution is 7.99. The highest BCUT2D eigenvalue weighted by Crippen LogP contribution is 2.37. The van der Waals surface area contributed by atoms with Crippen LogP contribution >= 0.6 is 11.8 Å². The highest BCUT2D eigenvalue weighted by atomic mass is 32.2. The van der Waals surface area contributed by atoms with E-state index in [9.17, 15) is 4.79 Å². The fourth-order valence-corrected chi connectivity index (χ4v) is 4.13. The van der Waals surface area contributed by atoms with Crippen molar-refractivity contribution in [1.29, 1.82) is 0 Å². The van der Waals surface area contributed by atoms with Gasteiger partial charge in [-0.1, -0.05) is 0 Å². The van der Waals surface area contributed by atoms with E-state index in [1.807, 2.05) is 11.8 Å². The van der Waals surface area contributed by atoms with Gasteiger partial charge in [-0.15, -0.1) is 0 Å². The van der Waals surface area contributed by atoms with Gasteiger partial charge in [0.15, 0.2) is 0 Å². The number of nitrogens with zero attached hydrogens (tertiary/aromatic N) is 1. The first kappa shape index (κ1) is 15.9. The Balaban J connectivity index is 1.67. The Morgan fingerprint density at radius 1 is 1.35 bits per heavy atom. The first-order chi connectivity index (χ1) is 9.61. The first-order valence-electron chi connectivity index (χ1n) is 7.52. The quantitative estimate of drug-likeness (QED) is 0.768. The molecular formula is C14H27N3O2S. The predicted octanol–water partition coefficient (Wildman–Crippen LogP) is 1.29. The molecule has 0 radical (unpaired) electrons. The lowest BCUT2D eigenvalue weighted by atomic mass is 9.85. The topological polar surface area (TPSA) is 53.6 Å². The molecule has 1 unspecified atom stereocenters. The zero-order valence-electron chi connectivity index (χ0n) is 12.6. The van der Waals surface area contributed by atoms with Crippen molar-refractivity contribution in [3.8, 4) is 0 Å². The number of hydrogen-bond acceptors (Lipinski definition) is 4. The van der Waals surface area contributed by atoms with E-state index in [1.165, 1.54) is 24.3 Å². The largest absolute Gasteiger partial charge is 0.375 e. The van der Waals surface area contributed by atoms with Crippen LogP contribution in [0.4, 0.5) is 4.79 Å². The summed E-state index contributed by atoms with van der Waals surface area (Å²) in [5.74, 6) is 2.46. The van der Waals surface area contributed by atoms with Crippen LogP contribution in [-0.4, -0.2) is 67.9 Å². The molecule has 1 atom stereocenters. The first-order valence-corrected chi connectivity index (χ1v) is 8.67. The zero-order chi connectivity index (χ0) is 14.4. The molecule has 2 rings (SSSR count). The van der Waals surface area contributed by atoms with Crippen molar-refractivity contribution in [1.82, 2.24) is 15.5 Å². The molecule has 0 aromatic rings. The van der Waals surface area contributed by atoms with E-state index >= 15 is 0 Å². The molecule has 2 aliphatic heterocycles. The van der Waals surface area contributed by atoms with Crippen LogP contribution in [0.15, 0.2) is 0 Å². The molecular weight excluding hydrogens is 274 g/mol. The van der Waals surface area contributed by atoms with E-state index in [1.54, 1.807) is 19.0 Å². The fourth-order valence-electron chi connectivity index (χ4n) is 2.90. The molecule has 0 bridgehead atoms. The molecule has 2 aliphatic rings. The third-order valence-corrected chi connectivity index (χ3v) is 5.12. The minimum atomic E-state index is -0.0282. The van der Waals surface area contributed by atoms with Gasteiger partial charge in [-0.2, -0.15) is 11.8 Å². The smallest absolute Gasteiger partial charge is 0.316 e. The minimum absolute atomic E-state index is 0.0282. The van der Waals surface area contributed by atoms with Crippen LogP contribution in [-0.2, 0) is 4.74 Å². The lowest BCUT2D eigenvalue weighted by Gasteiger charge is -2.43. The number of rotatable bonds is 4. The summed E-state index contributed by atoms with van der Waals surface area (Å²) >= 11 is 2.04. The van der Waals surface area contributed by atoms with Crippen molar-refractivity contribution in [2.24, 2.45) is 0 Å². The Bertz CT molecular complexity index is 314. The van der Waals surface area contributed by atoms with Crippen LogP contribution in [0.25, 0.3) is 0 Å². The summed E-state index contributed by atoms with van der Waals surface area (Å²) < 4.78 is 6.08. The average Bonchev–Trinajstić information content (AvgIpc) is 2.44. The molecule has 2 heterocycles. The van der Waals surface area contributed by atoms with Gasteiger partial charge in [0.25, 0.3) is 0 Å². The Labute approximate surface area is 126 Å². The van der Waals surface area contributed by atoms with Gasteiger partial charge in [0.05, 0.1) is 5.60 Å². The van der Waals surface area contributed by atoms with Crippen molar-refractivity contribution in [2.45, 2.75) is 37.3 Å². The molecule has 6 heteroatoms. The maximum absolute atomic E-state index is 11.4. The summed E-state index contributed by atoms with van der Waals surface area (Å²) in [5.41, 5.74) is 0.133. The molecule has 0 aliphatic carbocycles. The number of hydrogen-bond donors (Lipinski definition) is 2. The van der Waals surface area contributed by atoms with E-state index in [-0.39, 0.29) is 11.6 Å². The van der Waals surface area contributed by atoms with Crippen LogP contribution < -0.4 is 10.6 Å². The molecule has 2 fully saturated rings. The van der Waals surface area contributed by atoms with Gasteiger partial charge in [0.1, 0.15) is 0 Å². The van der Waals surface area contributed by atoms with Gasteiger partial charge in [-0.3, -0.25) is 0 Å². The minimum Gasteiger partial charge on any atom is -0.375 e. The lowest BCUT2D eigenvalue weighted by Crippen LogP contribution is -2.50. The van der Waals surface area contributed by atoms with Crippen LogP contribution in [0.5, 0.6) is 0 Å². The van der Waals surface area contributed by atoms with E-state index < -0.39 is 0 Å². The summed E-state index contributed by atoms with van der Waals surface area (Å²) in [7, 11) is 3.51. The van der Waals surface area contributed by atoms with E-state index in [2.05, 4.69) is 10.6 Å². The molecule has 116 valence electrons. The van der Waals surface area contributed by atoms with E-state index in [0.29, 0.717) is 12.6 Å². The Morgan fingerprint density at radius 3 is 2.80 bits per heavy atom. The highest BCUT2D eigenvalue weighted by Gasteiger charge is 2.38. The summed E-state index contributed by atoms with van der Waals surface area (Å²) in [6.07, 6.45) is 4.58. The summed E-state index contributed by atoms with van der Waals surface area (Å²) in [6, 6.07) is 0.502. The third kappa shape index (κ3) is 4.53. The number of ether oxygens (including phenoxy) is 1. The molecule has 2 saturated heterocycles.